The van der Waals surface area contributed by atoms with Crippen molar-refractivity contribution < 1.29 is 19.1 Å². The third-order valence-electron chi connectivity index (χ3n) is 5.44. The highest BCUT2D eigenvalue weighted by Crippen LogP contribution is 2.51. The number of methoxy groups -OCH3 is 1. The molecular formula is C20H20BrNO5. The Morgan fingerprint density at radius 3 is 2.63 bits per heavy atom. The number of fused-ring (bicyclic) bond motifs is 2. The first-order valence-electron chi connectivity index (χ1n) is 8.84. The average molecular weight is 434 g/mol. The van der Waals surface area contributed by atoms with Gasteiger partial charge in [0.15, 0.2) is 0 Å². The van der Waals surface area contributed by atoms with Crippen molar-refractivity contribution in [2.45, 2.75) is 23.3 Å². The molecular weight excluding hydrogens is 414 g/mol. The van der Waals surface area contributed by atoms with E-state index in [4.69, 9.17) is 14.2 Å². The molecule has 0 amide bonds. The SMILES string of the molecule is CO[C@@]1(c2ccccc2)O[C@@H]2Oc3ccccc3C[C@@H]2[C@H](C[N+](=O)[O-])[C@H]1Br. The molecule has 4 rings (SSSR count). The second-order valence-electron chi connectivity index (χ2n) is 6.90. The van der Waals surface area contributed by atoms with Gasteiger partial charge in [-0.15, -0.1) is 0 Å². The number of ether oxygens (including phenoxy) is 3. The molecule has 2 aromatic rings. The van der Waals surface area contributed by atoms with E-state index in [1.165, 1.54) is 0 Å². The summed E-state index contributed by atoms with van der Waals surface area (Å²) >= 11 is 3.70. The molecule has 0 bridgehead atoms. The Morgan fingerprint density at radius 2 is 1.93 bits per heavy atom. The molecule has 2 aromatic carbocycles. The van der Waals surface area contributed by atoms with Gasteiger partial charge in [0.25, 0.3) is 0 Å². The minimum atomic E-state index is -1.17. The summed E-state index contributed by atoms with van der Waals surface area (Å²) < 4.78 is 18.4. The van der Waals surface area contributed by atoms with Crippen LogP contribution in [0.3, 0.4) is 0 Å². The summed E-state index contributed by atoms with van der Waals surface area (Å²) in [5.41, 5.74) is 1.84. The van der Waals surface area contributed by atoms with Gasteiger partial charge in [0.2, 0.25) is 18.6 Å². The number of benzene rings is 2. The van der Waals surface area contributed by atoms with E-state index in [1.807, 2.05) is 54.6 Å². The van der Waals surface area contributed by atoms with E-state index in [1.54, 1.807) is 7.11 Å². The number of rotatable bonds is 4. The van der Waals surface area contributed by atoms with Crippen LogP contribution in [0.2, 0.25) is 0 Å². The van der Waals surface area contributed by atoms with Gasteiger partial charge >= 0.3 is 0 Å². The fourth-order valence-electron chi connectivity index (χ4n) is 4.13. The van der Waals surface area contributed by atoms with Gasteiger partial charge in [-0.1, -0.05) is 64.5 Å². The Balaban J connectivity index is 1.78. The van der Waals surface area contributed by atoms with Crippen LogP contribution in [-0.4, -0.2) is 29.7 Å². The summed E-state index contributed by atoms with van der Waals surface area (Å²) in [5, 5.41) is 11.4. The van der Waals surface area contributed by atoms with Gasteiger partial charge in [-0.3, -0.25) is 10.1 Å². The lowest BCUT2D eigenvalue weighted by Gasteiger charge is -2.51. The molecule has 142 valence electrons. The Hall–Kier alpha value is -1.96. The molecule has 0 aliphatic carbocycles. The van der Waals surface area contributed by atoms with Gasteiger partial charge in [0.1, 0.15) is 5.75 Å². The van der Waals surface area contributed by atoms with Gasteiger partial charge in [-0.2, -0.15) is 0 Å². The van der Waals surface area contributed by atoms with E-state index < -0.39 is 16.9 Å². The first-order chi connectivity index (χ1) is 13.0. The lowest BCUT2D eigenvalue weighted by atomic mass is 9.76. The van der Waals surface area contributed by atoms with Crippen molar-refractivity contribution in [1.82, 2.24) is 0 Å². The topological polar surface area (TPSA) is 70.8 Å². The molecule has 7 heteroatoms. The number of para-hydroxylation sites is 1. The van der Waals surface area contributed by atoms with Gasteiger partial charge in [-0.05, 0) is 18.1 Å². The second kappa shape index (κ2) is 7.22. The molecule has 2 aliphatic rings. The minimum Gasteiger partial charge on any atom is -0.464 e. The van der Waals surface area contributed by atoms with Crippen LogP contribution in [-0.2, 0) is 21.7 Å². The molecule has 0 spiro atoms. The van der Waals surface area contributed by atoms with Crippen LogP contribution < -0.4 is 4.74 Å². The monoisotopic (exact) mass is 433 g/mol. The van der Waals surface area contributed by atoms with Gasteiger partial charge in [0, 0.05) is 23.5 Å². The van der Waals surface area contributed by atoms with Crippen molar-refractivity contribution in [1.29, 1.82) is 0 Å². The van der Waals surface area contributed by atoms with Gasteiger partial charge in [-0.25, -0.2) is 0 Å². The van der Waals surface area contributed by atoms with Crippen molar-refractivity contribution in [3.63, 3.8) is 0 Å². The summed E-state index contributed by atoms with van der Waals surface area (Å²) in [5.74, 6) is -0.895. The number of alkyl halides is 1. The lowest BCUT2D eigenvalue weighted by Crippen LogP contribution is -2.60. The summed E-state index contributed by atoms with van der Waals surface area (Å²) in [7, 11) is 1.56. The maximum absolute atomic E-state index is 11.4. The Bertz CT molecular complexity index is 832. The third kappa shape index (κ3) is 3.13. The van der Waals surface area contributed by atoms with E-state index in [0.29, 0.717) is 6.42 Å². The predicted molar refractivity (Wildman–Crippen MR) is 102 cm³/mol. The first-order valence-corrected chi connectivity index (χ1v) is 9.75. The molecule has 0 unspecified atom stereocenters. The van der Waals surface area contributed by atoms with Crippen LogP contribution in [0.4, 0.5) is 0 Å². The zero-order valence-corrected chi connectivity index (χ0v) is 16.4. The lowest BCUT2D eigenvalue weighted by molar-refractivity contribution is -0.497. The van der Waals surface area contributed by atoms with Crippen molar-refractivity contribution in [2.24, 2.45) is 11.8 Å². The first kappa shape index (κ1) is 18.4. The van der Waals surface area contributed by atoms with Crippen LogP contribution in [0, 0.1) is 22.0 Å². The van der Waals surface area contributed by atoms with Crippen molar-refractivity contribution in [3.05, 3.63) is 75.8 Å². The van der Waals surface area contributed by atoms with E-state index in [2.05, 4.69) is 15.9 Å². The minimum absolute atomic E-state index is 0.151. The van der Waals surface area contributed by atoms with Crippen LogP contribution >= 0.6 is 15.9 Å². The van der Waals surface area contributed by atoms with Crippen LogP contribution in [0.5, 0.6) is 5.75 Å². The maximum atomic E-state index is 11.4. The quantitative estimate of drug-likeness (QED) is 0.417. The number of hydrogen-bond donors (Lipinski definition) is 0. The summed E-state index contributed by atoms with van der Waals surface area (Å²) in [6, 6.07) is 17.2. The molecule has 6 nitrogen and oxygen atoms in total. The normalized spacial score (nSPS) is 32.1. The van der Waals surface area contributed by atoms with E-state index in [-0.39, 0.29) is 23.3 Å². The third-order valence-corrected chi connectivity index (χ3v) is 6.72. The van der Waals surface area contributed by atoms with Crippen molar-refractivity contribution >= 4 is 15.9 Å². The summed E-state index contributed by atoms with van der Waals surface area (Å²) in [4.78, 5) is 10.8. The summed E-state index contributed by atoms with van der Waals surface area (Å²) in [6.07, 6.45) is 0.0366. The molecule has 1 saturated heterocycles. The molecule has 0 radical (unpaired) electrons. The average Bonchev–Trinajstić information content (AvgIpc) is 2.69. The van der Waals surface area contributed by atoms with E-state index >= 15 is 0 Å². The van der Waals surface area contributed by atoms with Crippen LogP contribution in [0.15, 0.2) is 54.6 Å². The largest absolute Gasteiger partial charge is 0.464 e. The molecule has 2 aliphatic heterocycles. The number of nitrogens with zero attached hydrogens (tertiary/aromatic N) is 1. The smallest absolute Gasteiger partial charge is 0.211 e. The highest BCUT2D eigenvalue weighted by atomic mass is 79.9. The zero-order valence-electron chi connectivity index (χ0n) is 14.8. The number of hydrogen-bond acceptors (Lipinski definition) is 5. The Labute approximate surface area is 165 Å². The second-order valence-corrected chi connectivity index (χ2v) is 7.88. The van der Waals surface area contributed by atoms with Crippen LogP contribution in [0.1, 0.15) is 11.1 Å². The maximum Gasteiger partial charge on any atom is 0.211 e. The molecule has 5 atom stereocenters. The van der Waals surface area contributed by atoms with Gasteiger partial charge < -0.3 is 14.2 Å². The van der Waals surface area contributed by atoms with E-state index in [9.17, 15) is 10.1 Å². The highest BCUT2D eigenvalue weighted by molar-refractivity contribution is 9.09. The Kier molecular flexibility index (Phi) is 4.92. The molecule has 0 N–H and O–H groups in total. The van der Waals surface area contributed by atoms with Crippen molar-refractivity contribution in [2.75, 3.05) is 13.7 Å². The van der Waals surface area contributed by atoms with Crippen molar-refractivity contribution in [3.8, 4) is 5.75 Å². The number of halogens is 1. The van der Waals surface area contributed by atoms with Gasteiger partial charge in [0.05, 0.1) is 10.7 Å². The fourth-order valence-corrected chi connectivity index (χ4v) is 5.25. The highest BCUT2D eigenvalue weighted by Gasteiger charge is 2.58. The molecule has 27 heavy (non-hydrogen) atoms. The predicted octanol–water partition coefficient (Wildman–Crippen LogP) is 3.75. The fraction of sp³-hybridized carbons (Fsp3) is 0.400. The standard InChI is InChI=1S/C20H20BrNO5/c1-25-20(14-8-3-2-4-9-14)18(21)16(12-22(23)24)15-11-13-7-5-6-10-17(13)26-19(15)27-20/h2-10,15-16,18-19H,11-12H2,1H3/t15-,16+,18-,19+,20+/m1/s1. The van der Waals surface area contributed by atoms with Crippen LogP contribution in [0.25, 0.3) is 0 Å². The Morgan fingerprint density at radius 1 is 1.22 bits per heavy atom. The number of nitro groups is 1. The molecule has 2 heterocycles. The molecule has 0 aromatic heterocycles. The summed E-state index contributed by atoms with van der Waals surface area (Å²) in [6.45, 7) is -0.191. The molecule has 0 saturated carbocycles. The van der Waals surface area contributed by atoms with E-state index in [0.717, 1.165) is 16.9 Å². The molecule has 1 fully saturated rings. The zero-order chi connectivity index (χ0) is 19.0.